The summed E-state index contributed by atoms with van der Waals surface area (Å²) in [5.74, 6) is 0. The number of rotatable bonds is 0. The molecule has 0 saturated heterocycles. The first kappa shape index (κ1) is 16.5. The standard InChI is InChI=1S/FH2O3P.Rb.U.H/c1-5(2,3)4;;;/h(H2,2,3,4);;;. The van der Waals surface area contributed by atoms with E-state index in [2.05, 4.69) is 0 Å². The van der Waals surface area contributed by atoms with Gasteiger partial charge in [-0.2, -0.15) is 0 Å². The van der Waals surface area contributed by atoms with Crippen LogP contribution in [-0.2, 0) is 4.57 Å². The minimum Gasteiger partial charge on any atom is 0 e. The number of hydrogen-bond donors (Lipinski definition) is 2. The molecule has 0 radical (unpaired) electrons. The average molecular weight is 424 g/mol. The van der Waals surface area contributed by atoms with Gasteiger partial charge < -0.3 is 0 Å². The summed E-state index contributed by atoms with van der Waals surface area (Å²) in [6.07, 6.45) is 0. The predicted molar refractivity (Wildman–Crippen MR) is 20.3 cm³/mol. The van der Waals surface area contributed by atoms with Gasteiger partial charge in [-0.1, -0.05) is 0 Å². The van der Waals surface area contributed by atoms with E-state index in [1.54, 1.807) is 0 Å². The predicted octanol–water partition coefficient (Wildman–Crippen LogP) is -0.600. The first-order valence-corrected chi connectivity index (χ1v) is 2.25. The smallest absolute Gasteiger partial charge is 0 e. The van der Waals surface area contributed by atoms with Crippen LogP contribution in [-0.4, -0.2) is 68.0 Å². The molecule has 0 saturated carbocycles. The van der Waals surface area contributed by atoms with E-state index in [9.17, 15) is 4.20 Å². The van der Waals surface area contributed by atoms with E-state index in [1.807, 2.05) is 0 Å². The second-order valence-corrected chi connectivity index (χ2v) is 1.42. The van der Waals surface area contributed by atoms with Gasteiger partial charge in [0.15, 0.2) is 0 Å². The second kappa shape index (κ2) is 7.05. The summed E-state index contributed by atoms with van der Waals surface area (Å²) in [6, 6.07) is 0. The van der Waals surface area contributed by atoms with Crippen molar-refractivity contribution in [2.75, 3.05) is 0 Å². The van der Waals surface area contributed by atoms with Gasteiger partial charge in [-0.15, -0.1) is 4.20 Å². The largest absolute Gasteiger partial charge is 0 e. The molecule has 3 nitrogen and oxygen atoms in total. The van der Waals surface area contributed by atoms with Crippen molar-refractivity contribution in [2.45, 2.75) is 0 Å². The van der Waals surface area contributed by atoms with Crippen molar-refractivity contribution in [2.24, 2.45) is 0 Å². The van der Waals surface area contributed by atoms with Gasteiger partial charge in [0.1, 0.15) is 0 Å². The summed E-state index contributed by atoms with van der Waals surface area (Å²) >= 11 is 0. The summed E-state index contributed by atoms with van der Waals surface area (Å²) in [5.41, 5.74) is 0. The van der Waals surface area contributed by atoms with Crippen molar-refractivity contribution in [3.8, 4) is 0 Å². The number of halogens is 1. The van der Waals surface area contributed by atoms with Crippen LogP contribution in [0.1, 0.15) is 0 Å². The molecule has 0 atom stereocenters. The van der Waals surface area contributed by atoms with Crippen molar-refractivity contribution >= 4 is 66.1 Å². The Hall–Kier alpha value is 2.94. The third-order valence-corrected chi connectivity index (χ3v) is 0. The van der Waals surface area contributed by atoms with Crippen molar-refractivity contribution in [3.05, 3.63) is 0 Å². The Morgan fingerprint density at radius 1 is 1.43 bits per heavy atom. The van der Waals surface area contributed by atoms with Crippen LogP contribution in [0.4, 0.5) is 4.20 Å². The van der Waals surface area contributed by atoms with Crippen molar-refractivity contribution in [1.82, 2.24) is 0 Å². The molecule has 2 N–H and O–H groups in total. The van der Waals surface area contributed by atoms with Crippen molar-refractivity contribution in [3.63, 3.8) is 0 Å². The van der Waals surface area contributed by atoms with Gasteiger partial charge in [0.2, 0.25) is 0 Å². The molecule has 0 aromatic heterocycles. The maximum absolute atomic E-state index is 10.4. The van der Waals surface area contributed by atoms with Crippen LogP contribution >= 0.6 is 7.91 Å². The maximum Gasteiger partial charge on any atom is 0 e. The molecular weight excluding hydrogens is 421 g/mol. The zero-order valence-corrected chi connectivity index (χ0v) is 7.69. The molecule has 0 fully saturated rings. The van der Waals surface area contributed by atoms with Crippen LogP contribution in [0.3, 0.4) is 0 Å². The summed E-state index contributed by atoms with van der Waals surface area (Å²) in [4.78, 5) is 13.9. The van der Waals surface area contributed by atoms with E-state index in [1.165, 1.54) is 0 Å². The van der Waals surface area contributed by atoms with Gasteiger partial charge in [0, 0.05) is 31.1 Å². The molecule has 0 aliphatic heterocycles. The third-order valence-electron chi connectivity index (χ3n) is 0. The molecular formula is H3FO3PRbU. The van der Waals surface area contributed by atoms with Crippen LogP contribution in [0.5, 0.6) is 0 Å². The minimum atomic E-state index is -5.14. The van der Waals surface area contributed by atoms with Crippen molar-refractivity contribution in [1.29, 1.82) is 0 Å². The molecule has 0 amide bonds. The molecule has 38 valence electrons. The monoisotopic (exact) mass is 424 g/mol. The Bertz CT molecular complexity index is 61.1. The summed E-state index contributed by atoms with van der Waals surface area (Å²) in [6.45, 7) is 0. The number of hydrogen-bond acceptors (Lipinski definition) is 1. The van der Waals surface area contributed by atoms with E-state index in [4.69, 9.17) is 14.4 Å². The fraction of sp³-hybridized carbons (Fsp3) is 0. The Balaban J connectivity index is -0.0000000800. The average Bonchev–Trinajstić information content (AvgIpc) is 0.722. The Morgan fingerprint density at radius 2 is 1.43 bits per heavy atom. The van der Waals surface area contributed by atoms with Gasteiger partial charge in [0.25, 0.3) is 0 Å². The van der Waals surface area contributed by atoms with Crippen LogP contribution < -0.4 is 0 Å². The fourth-order valence-electron chi connectivity index (χ4n) is 0. The van der Waals surface area contributed by atoms with Crippen LogP contribution in [0.2, 0.25) is 0 Å². The van der Waals surface area contributed by atoms with E-state index in [-0.39, 0.29) is 89.3 Å². The Kier molecular flexibility index (Phi) is 16.6. The fourth-order valence-corrected chi connectivity index (χ4v) is 0. The molecule has 0 aromatic carbocycles. The van der Waals surface area contributed by atoms with Gasteiger partial charge in [-0.25, -0.2) is 4.57 Å². The van der Waals surface area contributed by atoms with Gasteiger partial charge in [0.05, 0.1) is 0 Å². The normalized spacial score (nSPS) is 8.43. The molecule has 0 spiro atoms. The van der Waals surface area contributed by atoms with E-state index in [0.29, 0.717) is 0 Å². The summed E-state index contributed by atoms with van der Waals surface area (Å²) in [5, 5.41) is 0. The van der Waals surface area contributed by atoms with E-state index >= 15 is 0 Å². The first-order valence-electron chi connectivity index (χ1n) is 0.752. The molecule has 7 heavy (non-hydrogen) atoms. The summed E-state index contributed by atoms with van der Waals surface area (Å²) in [7, 11) is -5.14. The molecule has 0 bridgehead atoms. The Labute approximate surface area is 113 Å². The second-order valence-electron chi connectivity index (χ2n) is 0.473. The summed E-state index contributed by atoms with van der Waals surface area (Å²) < 4.78 is 19.0. The molecule has 0 aromatic rings. The molecule has 0 heterocycles. The topological polar surface area (TPSA) is 57.5 Å². The van der Waals surface area contributed by atoms with Gasteiger partial charge in [-0.3, -0.25) is 9.79 Å². The molecule has 7 heteroatoms. The quantitative estimate of drug-likeness (QED) is 0.511. The van der Waals surface area contributed by atoms with Gasteiger partial charge >= 0.3 is 66.1 Å². The SMILES string of the molecule is O=P(O)(O)F.[RbH].[U]. The maximum atomic E-state index is 10.4. The van der Waals surface area contributed by atoms with Crippen molar-refractivity contribution < 1.29 is 49.7 Å². The zero-order chi connectivity index (χ0) is 4.50. The zero-order valence-electron chi connectivity index (χ0n) is 2.63. The molecule has 0 aliphatic rings. The van der Waals surface area contributed by atoms with E-state index in [0.717, 1.165) is 0 Å². The molecule has 0 aliphatic carbocycles. The van der Waals surface area contributed by atoms with Crippen LogP contribution in [0.25, 0.3) is 0 Å². The molecule has 0 unspecified atom stereocenters. The van der Waals surface area contributed by atoms with Gasteiger partial charge in [-0.05, 0) is 0 Å². The van der Waals surface area contributed by atoms with E-state index < -0.39 is 7.91 Å². The minimum absolute atomic E-state index is 0. The Morgan fingerprint density at radius 3 is 1.43 bits per heavy atom. The van der Waals surface area contributed by atoms with Crippen LogP contribution in [0.15, 0.2) is 0 Å². The van der Waals surface area contributed by atoms with Crippen LogP contribution in [0, 0.1) is 31.1 Å². The third kappa shape index (κ3) is 49.9. The first-order chi connectivity index (χ1) is 2.00. The molecule has 0 rings (SSSR count).